The first-order chi connectivity index (χ1) is 9.04. The van der Waals surface area contributed by atoms with Crippen LogP contribution in [-0.4, -0.2) is 24.8 Å². The smallest absolute Gasteiger partial charge is 0.243 e. The van der Waals surface area contributed by atoms with Crippen LogP contribution in [0.4, 0.5) is 0 Å². The minimum atomic E-state index is -3.47. The molecule has 7 heteroatoms. The van der Waals surface area contributed by atoms with E-state index in [0.717, 1.165) is 10.4 Å². The van der Waals surface area contributed by atoms with Crippen molar-refractivity contribution in [3.8, 4) is 0 Å². The molecule has 0 aliphatic rings. The number of hydrogen-bond acceptors (Lipinski definition) is 4. The molecular weight excluding hydrogens is 304 g/mol. The van der Waals surface area contributed by atoms with Gasteiger partial charge in [-0.3, -0.25) is 4.98 Å². The van der Waals surface area contributed by atoms with Gasteiger partial charge in [0.1, 0.15) is 0 Å². The topological polar surface area (TPSA) is 50.3 Å². The lowest BCUT2D eigenvalue weighted by molar-refractivity contribution is 0.466. The number of thiophene rings is 1. The van der Waals surface area contributed by atoms with Gasteiger partial charge in [0, 0.05) is 36.2 Å². The minimum Gasteiger partial charge on any atom is -0.264 e. The lowest BCUT2D eigenvalue weighted by atomic mass is 10.3. The van der Waals surface area contributed by atoms with Crippen LogP contribution in [0.1, 0.15) is 10.4 Å². The van der Waals surface area contributed by atoms with Crippen LogP contribution in [-0.2, 0) is 22.4 Å². The van der Waals surface area contributed by atoms with Crippen molar-refractivity contribution in [1.29, 1.82) is 0 Å². The molecule has 2 heterocycles. The predicted octanol–water partition coefficient (Wildman–Crippen LogP) is 2.70. The number of nitrogens with zero attached hydrogens (tertiary/aromatic N) is 2. The van der Waals surface area contributed by atoms with E-state index in [-0.39, 0.29) is 0 Å². The quantitative estimate of drug-likeness (QED) is 0.797. The van der Waals surface area contributed by atoms with E-state index in [0.29, 0.717) is 17.3 Å². The number of alkyl halides is 1. The Bertz CT molecular complexity index is 641. The summed E-state index contributed by atoms with van der Waals surface area (Å²) in [6.07, 6.45) is 3.31. The summed E-state index contributed by atoms with van der Waals surface area (Å²) in [5.41, 5.74) is 0.848. The first kappa shape index (κ1) is 14.5. The van der Waals surface area contributed by atoms with E-state index < -0.39 is 10.0 Å². The van der Waals surface area contributed by atoms with Gasteiger partial charge < -0.3 is 0 Å². The first-order valence-electron chi connectivity index (χ1n) is 5.52. The lowest BCUT2D eigenvalue weighted by Gasteiger charge is -2.16. The summed E-state index contributed by atoms with van der Waals surface area (Å²) in [4.78, 5) is 5.11. The molecule has 0 amide bonds. The summed E-state index contributed by atoms with van der Waals surface area (Å²) in [6.45, 7) is 0.294. The molecule has 0 atom stereocenters. The molecule has 0 saturated heterocycles. The average molecular weight is 317 g/mol. The summed E-state index contributed by atoms with van der Waals surface area (Å²) in [7, 11) is -1.91. The van der Waals surface area contributed by atoms with Crippen LogP contribution in [0.2, 0.25) is 0 Å². The van der Waals surface area contributed by atoms with Crippen molar-refractivity contribution in [1.82, 2.24) is 9.29 Å². The van der Waals surface area contributed by atoms with Crippen molar-refractivity contribution >= 4 is 33.0 Å². The standard InChI is InChI=1S/C12H13ClN2O2S2/c1-15(8-10-3-2-4-14-7-10)19(16,17)12-5-11(6-13)18-9-12/h2-5,7,9H,6,8H2,1H3. The molecule has 2 aromatic rings. The van der Waals surface area contributed by atoms with Gasteiger partial charge in [-0.15, -0.1) is 22.9 Å². The SMILES string of the molecule is CN(Cc1cccnc1)S(=O)(=O)c1csc(CCl)c1. The Balaban J connectivity index is 2.19. The molecule has 0 N–H and O–H groups in total. The maximum Gasteiger partial charge on any atom is 0.243 e. The lowest BCUT2D eigenvalue weighted by Crippen LogP contribution is -2.26. The second-order valence-electron chi connectivity index (χ2n) is 4.00. The van der Waals surface area contributed by atoms with Gasteiger partial charge in [-0.2, -0.15) is 4.31 Å². The zero-order chi connectivity index (χ0) is 13.9. The van der Waals surface area contributed by atoms with Crippen molar-refractivity contribution in [2.75, 3.05) is 7.05 Å². The van der Waals surface area contributed by atoms with Gasteiger partial charge in [-0.1, -0.05) is 6.07 Å². The Hall–Kier alpha value is -0.950. The summed E-state index contributed by atoms with van der Waals surface area (Å²) in [5.74, 6) is 0.326. The molecule has 2 aromatic heterocycles. The number of aromatic nitrogens is 1. The zero-order valence-electron chi connectivity index (χ0n) is 10.3. The molecule has 2 rings (SSSR count). The van der Waals surface area contributed by atoms with Gasteiger partial charge in [-0.25, -0.2) is 8.42 Å². The van der Waals surface area contributed by atoms with E-state index in [9.17, 15) is 8.42 Å². The normalized spacial score (nSPS) is 11.9. The zero-order valence-corrected chi connectivity index (χ0v) is 12.7. The third-order valence-corrected chi connectivity index (χ3v) is 5.91. The molecule has 0 radical (unpaired) electrons. The van der Waals surface area contributed by atoms with Gasteiger partial charge in [0.05, 0.1) is 10.8 Å². The molecule has 0 aromatic carbocycles. The Morgan fingerprint density at radius 3 is 2.84 bits per heavy atom. The van der Waals surface area contributed by atoms with Crippen LogP contribution in [0.3, 0.4) is 0 Å². The summed E-state index contributed by atoms with van der Waals surface area (Å²) < 4.78 is 26.0. The molecular formula is C12H13ClN2O2S2. The molecule has 19 heavy (non-hydrogen) atoms. The van der Waals surface area contributed by atoms with Crippen LogP contribution in [0, 0.1) is 0 Å². The molecule has 0 saturated carbocycles. The highest BCUT2D eigenvalue weighted by atomic mass is 35.5. The Kier molecular flexibility index (Phi) is 4.57. The van der Waals surface area contributed by atoms with Crippen LogP contribution in [0.5, 0.6) is 0 Å². The minimum absolute atomic E-state index is 0.291. The monoisotopic (exact) mass is 316 g/mol. The van der Waals surface area contributed by atoms with Crippen molar-refractivity contribution in [2.45, 2.75) is 17.3 Å². The maximum absolute atomic E-state index is 12.3. The fraction of sp³-hybridized carbons (Fsp3) is 0.250. The molecule has 4 nitrogen and oxygen atoms in total. The molecule has 0 aliphatic heterocycles. The number of sulfonamides is 1. The highest BCUT2D eigenvalue weighted by Crippen LogP contribution is 2.23. The summed E-state index contributed by atoms with van der Waals surface area (Å²) in [5, 5.41) is 1.62. The van der Waals surface area contributed by atoms with Gasteiger partial charge >= 0.3 is 0 Å². The van der Waals surface area contributed by atoms with E-state index >= 15 is 0 Å². The molecule has 0 spiro atoms. The fourth-order valence-corrected chi connectivity index (χ4v) is 4.11. The van der Waals surface area contributed by atoms with Crippen molar-refractivity contribution in [2.24, 2.45) is 0 Å². The van der Waals surface area contributed by atoms with E-state index in [4.69, 9.17) is 11.6 Å². The van der Waals surface area contributed by atoms with E-state index in [2.05, 4.69) is 4.98 Å². The summed E-state index contributed by atoms with van der Waals surface area (Å²) >= 11 is 7.04. The Morgan fingerprint density at radius 2 is 2.26 bits per heavy atom. The largest absolute Gasteiger partial charge is 0.264 e. The van der Waals surface area contributed by atoms with Crippen molar-refractivity contribution in [3.05, 3.63) is 46.4 Å². The highest BCUT2D eigenvalue weighted by molar-refractivity contribution is 7.89. The number of halogens is 1. The highest BCUT2D eigenvalue weighted by Gasteiger charge is 2.22. The third-order valence-electron chi connectivity index (χ3n) is 2.60. The second kappa shape index (κ2) is 6.00. The molecule has 0 fully saturated rings. The average Bonchev–Trinajstić information content (AvgIpc) is 2.89. The van der Waals surface area contributed by atoms with Crippen LogP contribution in [0.15, 0.2) is 40.9 Å². The van der Waals surface area contributed by atoms with Gasteiger partial charge in [0.2, 0.25) is 10.0 Å². The molecule has 0 aliphatic carbocycles. The van der Waals surface area contributed by atoms with Crippen LogP contribution >= 0.6 is 22.9 Å². The van der Waals surface area contributed by atoms with Gasteiger partial charge in [0.25, 0.3) is 0 Å². The number of pyridine rings is 1. The molecule has 102 valence electrons. The van der Waals surface area contributed by atoms with E-state index in [1.807, 2.05) is 6.07 Å². The van der Waals surface area contributed by atoms with Gasteiger partial charge in [0.15, 0.2) is 0 Å². The van der Waals surface area contributed by atoms with E-state index in [1.54, 1.807) is 37.0 Å². The number of hydrogen-bond donors (Lipinski definition) is 0. The van der Waals surface area contributed by atoms with Crippen LogP contribution < -0.4 is 0 Å². The van der Waals surface area contributed by atoms with Crippen molar-refractivity contribution in [3.63, 3.8) is 0 Å². The maximum atomic E-state index is 12.3. The Labute approximate surface area is 121 Å². The molecule has 0 bridgehead atoms. The Morgan fingerprint density at radius 1 is 1.47 bits per heavy atom. The summed E-state index contributed by atoms with van der Waals surface area (Å²) in [6, 6.07) is 5.25. The van der Waals surface area contributed by atoms with Crippen LogP contribution in [0.25, 0.3) is 0 Å². The predicted molar refractivity (Wildman–Crippen MR) is 76.8 cm³/mol. The number of rotatable bonds is 5. The first-order valence-corrected chi connectivity index (χ1v) is 8.38. The second-order valence-corrected chi connectivity index (χ2v) is 7.31. The van der Waals surface area contributed by atoms with Gasteiger partial charge in [-0.05, 0) is 17.7 Å². The third kappa shape index (κ3) is 3.33. The van der Waals surface area contributed by atoms with Crippen molar-refractivity contribution < 1.29 is 8.42 Å². The van der Waals surface area contributed by atoms with E-state index in [1.165, 1.54) is 15.6 Å². The molecule has 0 unspecified atom stereocenters. The fourth-order valence-electron chi connectivity index (χ4n) is 1.58.